The third-order valence-corrected chi connectivity index (χ3v) is 3.48. The molecule has 0 saturated heterocycles. The van der Waals surface area contributed by atoms with Gasteiger partial charge in [-0.1, -0.05) is 65.0 Å². The van der Waals surface area contributed by atoms with Crippen LogP contribution in [0.4, 0.5) is 0 Å². The van der Waals surface area contributed by atoms with Crippen molar-refractivity contribution < 1.29 is 0 Å². The van der Waals surface area contributed by atoms with Crippen LogP contribution in [0.3, 0.4) is 0 Å². The second-order valence-electron chi connectivity index (χ2n) is 5.44. The van der Waals surface area contributed by atoms with Gasteiger partial charge in [0.1, 0.15) is 0 Å². The molecule has 0 rings (SSSR count). The molecule has 0 unspecified atom stereocenters. The zero-order valence-corrected chi connectivity index (χ0v) is 15.5. The van der Waals surface area contributed by atoms with Gasteiger partial charge in [-0.3, -0.25) is 0 Å². The standard InChI is InChI=1S/C21H35N/c1-7-12-17(6)18(13-8-2)19(14-9-3)20(15-10-4)21(22)16-11-5/h12-16H,7-11,22H2,1-6H3. The first-order valence-corrected chi connectivity index (χ1v) is 8.81. The predicted molar refractivity (Wildman–Crippen MR) is 102 cm³/mol. The molecule has 0 saturated carbocycles. The van der Waals surface area contributed by atoms with Gasteiger partial charge in [-0.2, -0.15) is 0 Å². The normalized spacial score (nSPS) is 15.5. The van der Waals surface area contributed by atoms with Gasteiger partial charge in [0.2, 0.25) is 0 Å². The lowest BCUT2D eigenvalue weighted by molar-refractivity contribution is 1.09. The Balaban J connectivity index is 6.11. The molecular formula is C21H35N. The summed E-state index contributed by atoms with van der Waals surface area (Å²) in [7, 11) is 0. The van der Waals surface area contributed by atoms with E-state index in [0.29, 0.717) is 0 Å². The van der Waals surface area contributed by atoms with Crippen molar-refractivity contribution in [3.8, 4) is 0 Å². The Labute approximate surface area is 138 Å². The fourth-order valence-electron chi connectivity index (χ4n) is 2.59. The lowest BCUT2D eigenvalue weighted by atomic mass is 9.88. The zero-order chi connectivity index (χ0) is 17.0. The molecule has 0 aliphatic carbocycles. The molecule has 0 spiro atoms. The maximum Gasteiger partial charge on any atom is 0.0349 e. The number of allylic oxidation sites excluding steroid dienone is 8. The summed E-state index contributed by atoms with van der Waals surface area (Å²) in [6.45, 7) is 13.1. The van der Waals surface area contributed by atoms with Crippen LogP contribution >= 0.6 is 0 Å². The molecule has 0 atom stereocenters. The highest BCUT2D eigenvalue weighted by molar-refractivity contribution is 5.60. The van der Waals surface area contributed by atoms with Crippen LogP contribution < -0.4 is 5.73 Å². The van der Waals surface area contributed by atoms with E-state index in [-0.39, 0.29) is 0 Å². The van der Waals surface area contributed by atoms with Crippen LogP contribution in [0.15, 0.2) is 58.4 Å². The summed E-state index contributed by atoms with van der Waals surface area (Å²) < 4.78 is 0. The molecule has 0 heterocycles. The molecule has 1 heteroatoms. The molecular weight excluding hydrogens is 266 g/mol. The van der Waals surface area contributed by atoms with Crippen molar-refractivity contribution in [2.24, 2.45) is 5.73 Å². The molecule has 0 aliphatic heterocycles. The van der Waals surface area contributed by atoms with E-state index in [2.05, 4.69) is 71.9 Å². The second kappa shape index (κ2) is 12.1. The van der Waals surface area contributed by atoms with Gasteiger partial charge < -0.3 is 5.73 Å². The predicted octanol–water partition coefficient (Wildman–Crippen LogP) is 6.60. The summed E-state index contributed by atoms with van der Waals surface area (Å²) in [5.41, 5.74) is 12.4. The van der Waals surface area contributed by atoms with Crippen molar-refractivity contribution in [1.82, 2.24) is 0 Å². The Bertz CT molecular complexity index is 430. The van der Waals surface area contributed by atoms with Crippen LogP contribution in [0.1, 0.15) is 73.6 Å². The maximum atomic E-state index is 6.36. The minimum absolute atomic E-state index is 0.898. The molecule has 0 bridgehead atoms. The largest absolute Gasteiger partial charge is 0.398 e. The first-order chi connectivity index (χ1) is 10.6. The minimum Gasteiger partial charge on any atom is -0.398 e. The molecule has 0 aromatic carbocycles. The monoisotopic (exact) mass is 301 g/mol. The van der Waals surface area contributed by atoms with E-state index >= 15 is 0 Å². The summed E-state index contributed by atoms with van der Waals surface area (Å²) in [6, 6.07) is 0. The lowest BCUT2D eigenvalue weighted by Gasteiger charge is -2.18. The Morgan fingerprint density at radius 2 is 1.00 bits per heavy atom. The molecule has 22 heavy (non-hydrogen) atoms. The Morgan fingerprint density at radius 1 is 0.591 bits per heavy atom. The number of nitrogens with two attached hydrogens (primary N) is 1. The summed E-state index contributed by atoms with van der Waals surface area (Å²) >= 11 is 0. The van der Waals surface area contributed by atoms with Gasteiger partial charge in [0.05, 0.1) is 0 Å². The van der Waals surface area contributed by atoms with Gasteiger partial charge in [-0.05, 0) is 55.7 Å². The quantitative estimate of drug-likeness (QED) is 0.477. The zero-order valence-electron chi connectivity index (χ0n) is 15.5. The third kappa shape index (κ3) is 6.51. The molecule has 1 nitrogen and oxygen atoms in total. The van der Waals surface area contributed by atoms with Gasteiger partial charge in [-0.25, -0.2) is 0 Å². The average molecular weight is 302 g/mol. The van der Waals surface area contributed by atoms with Crippen LogP contribution in [0.2, 0.25) is 0 Å². The van der Waals surface area contributed by atoms with Crippen LogP contribution in [0, 0.1) is 0 Å². The Kier molecular flexibility index (Phi) is 11.3. The molecule has 124 valence electrons. The Morgan fingerprint density at radius 3 is 1.45 bits per heavy atom. The summed E-state index contributed by atoms with van der Waals surface area (Å²) in [5, 5.41) is 0. The first kappa shape index (κ1) is 20.5. The van der Waals surface area contributed by atoms with Crippen LogP contribution in [0.25, 0.3) is 0 Å². The van der Waals surface area contributed by atoms with Crippen LogP contribution in [-0.2, 0) is 0 Å². The topological polar surface area (TPSA) is 26.0 Å². The van der Waals surface area contributed by atoms with E-state index in [1.807, 2.05) is 0 Å². The summed E-state index contributed by atoms with van der Waals surface area (Å²) in [4.78, 5) is 0. The van der Waals surface area contributed by atoms with Gasteiger partial charge >= 0.3 is 0 Å². The SMILES string of the molecule is CCC=C(C)C(=CCC)C(=CCC)C(=CCC)C(N)=CCC. The fraction of sp³-hybridized carbons (Fsp3) is 0.524. The highest BCUT2D eigenvalue weighted by Crippen LogP contribution is 2.30. The molecule has 0 radical (unpaired) electrons. The van der Waals surface area contributed by atoms with E-state index in [0.717, 1.165) is 37.8 Å². The molecule has 0 aromatic rings. The third-order valence-electron chi connectivity index (χ3n) is 3.48. The molecule has 0 amide bonds. The van der Waals surface area contributed by atoms with E-state index < -0.39 is 0 Å². The number of hydrogen-bond acceptors (Lipinski definition) is 1. The van der Waals surface area contributed by atoms with Crippen molar-refractivity contribution in [1.29, 1.82) is 0 Å². The van der Waals surface area contributed by atoms with Crippen LogP contribution in [-0.4, -0.2) is 0 Å². The molecule has 0 fully saturated rings. The van der Waals surface area contributed by atoms with Crippen molar-refractivity contribution in [2.75, 3.05) is 0 Å². The van der Waals surface area contributed by atoms with Gasteiger partial charge in [-0.15, -0.1) is 0 Å². The van der Waals surface area contributed by atoms with Gasteiger partial charge in [0.25, 0.3) is 0 Å². The second-order valence-corrected chi connectivity index (χ2v) is 5.44. The maximum absolute atomic E-state index is 6.36. The van der Waals surface area contributed by atoms with Crippen molar-refractivity contribution in [3.63, 3.8) is 0 Å². The van der Waals surface area contributed by atoms with Crippen LogP contribution in [0.5, 0.6) is 0 Å². The fourth-order valence-corrected chi connectivity index (χ4v) is 2.59. The molecule has 0 aromatic heterocycles. The van der Waals surface area contributed by atoms with E-state index in [4.69, 9.17) is 5.73 Å². The van der Waals surface area contributed by atoms with E-state index in [1.54, 1.807) is 0 Å². The van der Waals surface area contributed by atoms with E-state index in [1.165, 1.54) is 22.3 Å². The molecule has 2 N–H and O–H groups in total. The average Bonchev–Trinajstić information content (AvgIpc) is 2.49. The van der Waals surface area contributed by atoms with E-state index in [9.17, 15) is 0 Å². The van der Waals surface area contributed by atoms with Crippen molar-refractivity contribution in [2.45, 2.75) is 73.6 Å². The van der Waals surface area contributed by atoms with Gasteiger partial charge in [0, 0.05) is 11.3 Å². The minimum atomic E-state index is 0.898. The van der Waals surface area contributed by atoms with Gasteiger partial charge in [0.15, 0.2) is 0 Å². The first-order valence-electron chi connectivity index (χ1n) is 8.81. The lowest BCUT2D eigenvalue weighted by Crippen LogP contribution is -2.07. The summed E-state index contributed by atoms with van der Waals surface area (Å²) in [5.74, 6) is 0. The number of rotatable bonds is 9. The number of hydrogen-bond donors (Lipinski definition) is 1. The molecule has 0 aliphatic rings. The highest BCUT2D eigenvalue weighted by Gasteiger charge is 2.13. The smallest absolute Gasteiger partial charge is 0.0349 e. The van der Waals surface area contributed by atoms with Crippen molar-refractivity contribution in [3.05, 3.63) is 58.4 Å². The Hall–Kier alpha value is -1.50. The van der Waals surface area contributed by atoms with Crippen molar-refractivity contribution >= 4 is 0 Å². The summed E-state index contributed by atoms with van der Waals surface area (Å²) in [6.07, 6.45) is 16.4. The highest BCUT2D eigenvalue weighted by atomic mass is 14.6.